The lowest BCUT2D eigenvalue weighted by Crippen LogP contribution is -2.61. The SMILES string of the molecule is CC(C)C1CNC(C2CC2)CN1C1CCCCC1. The third-order valence-corrected chi connectivity index (χ3v) is 5.43. The smallest absolute Gasteiger partial charge is 0.0247 e. The largest absolute Gasteiger partial charge is 0.311 e. The summed E-state index contributed by atoms with van der Waals surface area (Å²) in [4.78, 5) is 2.91. The summed E-state index contributed by atoms with van der Waals surface area (Å²) in [6.45, 7) is 7.37. The Kier molecular flexibility index (Phi) is 3.95. The van der Waals surface area contributed by atoms with Crippen molar-refractivity contribution in [1.82, 2.24) is 10.2 Å². The summed E-state index contributed by atoms with van der Waals surface area (Å²) in [5, 5.41) is 3.84. The number of nitrogens with zero attached hydrogens (tertiary/aromatic N) is 1. The number of hydrogen-bond donors (Lipinski definition) is 1. The molecule has 2 saturated carbocycles. The van der Waals surface area contributed by atoms with Gasteiger partial charge < -0.3 is 5.32 Å². The molecule has 18 heavy (non-hydrogen) atoms. The Morgan fingerprint density at radius 2 is 1.72 bits per heavy atom. The van der Waals surface area contributed by atoms with Gasteiger partial charge in [-0.25, -0.2) is 0 Å². The van der Waals surface area contributed by atoms with Crippen LogP contribution in [0.4, 0.5) is 0 Å². The van der Waals surface area contributed by atoms with Gasteiger partial charge in [0, 0.05) is 31.2 Å². The van der Waals surface area contributed by atoms with Gasteiger partial charge in [0.1, 0.15) is 0 Å². The fraction of sp³-hybridized carbons (Fsp3) is 1.00. The summed E-state index contributed by atoms with van der Waals surface area (Å²) >= 11 is 0. The van der Waals surface area contributed by atoms with Crippen molar-refractivity contribution in [3.05, 3.63) is 0 Å². The van der Waals surface area contributed by atoms with Crippen molar-refractivity contribution in [3.63, 3.8) is 0 Å². The molecule has 0 bridgehead atoms. The van der Waals surface area contributed by atoms with Crippen LogP contribution in [0.1, 0.15) is 58.8 Å². The summed E-state index contributed by atoms with van der Waals surface area (Å²) in [6, 6.07) is 2.49. The molecule has 2 unspecified atom stereocenters. The van der Waals surface area contributed by atoms with Gasteiger partial charge in [-0.2, -0.15) is 0 Å². The molecule has 1 saturated heterocycles. The molecule has 0 radical (unpaired) electrons. The van der Waals surface area contributed by atoms with Gasteiger partial charge in [-0.15, -0.1) is 0 Å². The highest BCUT2D eigenvalue weighted by atomic mass is 15.3. The zero-order valence-corrected chi connectivity index (χ0v) is 12.2. The van der Waals surface area contributed by atoms with E-state index >= 15 is 0 Å². The highest BCUT2D eigenvalue weighted by Crippen LogP contribution is 2.36. The molecule has 2 aliphatic carbocycles. The van der Waals surface area contributed by atoms with Crippen LogP contribution >= 0.6 is 0 Å². The zero-order valence-electron chi connectivity index (χ0n) is 12.2. The quantitative estimate of drug-likeness (QED) is 0.828. The molecule has 1 heterocycles. The van der Waals surface area contributed by atoms with E-state index in [2.05, 4.69) is 24.1 Å². The maximum absolute atomic E-state index is 3.84. The van der Waals surface area contributed by atoms with E-state index in [1.165, 1.54) is 58.0 Å². The van der Waals surface area contributed by atoms with Crippen molar-refractivity contribution in [2.45, 2.75) is 76.9 Å². The van der Waals surface area contributed by atoms with Crippen molar-refractivity contribution in [1.29, 1.82) is 0 Å². The normalized spacial score (nSPS) is 36.2. The number of nitrogens with one attached hydrogen (secondary N) is 1. The molecule has 3 rings (SSSR count). The predicted octanol–water partition coefficient (Wildman–Crippen LogP) is 3.03. The van der Waals surface area contributed by atoms with E-state index < -0.39 is 0 Å². The van der Waals surface area contributed by atoms with E-state index in [0.29, 0.717) is 0 Å². The van der Waals surface area contributed by atoms with Gasteiger partial charge in [0.2, 0.25) is 0 Å². The highest BCUT2D eigenvalue weighted by molar-refractivity contribution is 4.97. The Hall–Kier alpha value is -0.0800. The molecule has 0 aromatic rings. The Morgan fingerprint density at radius 3 is 2.33 bits per heavy atom. The van der Waals surface area contributed by atoms with E-state index in [1.807, 2.05) is 0 Å². The predicted molar refractivity (Wildman–Crippen MR) is 76.7 cm³/mol. The maximum Gasteiger partial charge on any atom is 0.0247 e. The van der Waals surface area contributed by atoms with Crippen LogP contribution in [-0.4, -0.2) is 36.1 Å². The third-order valence-electron chi connectivity index (χ3n) is 5.43. The zero-order chi connectivity index (χ0) is 12.5. The minimum absolute atomic E-state index is 0.781. The summed E-state index contributed by atoms with van der Waals surface area (Å²) in [6.07, 6.45) is 10.3. The molecular formula is C16H30N2. The fourth-order valence-corrected chi connectivity index (χ4v) is 4.08. The van der Waals surface area contributed by atoms with Crippen molar-refractivity contribution in [2.24, 2.45) is 11.8 Å². The monoisotopic (exact) mass is 250 g/mol. The molecule has 0 spiro atoms. The maximum atomic E-state index is 3.84. The second-order valence-corrected chi connectivity index (χ2v) is 7.15. The minimum atomic E-state index is 0.781. The summed E-state index contributed by atoms with van der Waals surface area (Å²) in [5.74, 6) is 1.80. The van der Waals surface area contributed by atoms with Crippen LogP contribution in [0.15, 0.2) is 0 Å². The topological polar surface area (TPSA) is 15.3 Å². The number of hydrogen-bond acceptors (Lipinski definition) is 2. The fourth-order valence-electron chi connectivity index (χ4n) is 4.08. The first kappa shape index (κ1) is 12.9. The standard InChI is InChI=1S/C16H30N2/c1-12(2)16-10-17-15(13-8-9-13)11-18(16)14-6-4-3-5-7-14/h12-17H,3-11H2,1-2H3. The van der Waals surface area contributed by atoms with Crippen molar-refractivity contribution < 1.29 is 0 Å². The molecule has 0 aromatic heterocycles. The Bertz CT molecular complexity index is 266. The van der Waals surface area contributed by atoms with Crippen molar-refractivity contribution >= 4 is 0 Å². The first-order valence-electron chi connectivity index (χ1n) is 8.25. The lowest BCUT2D eigenvalue weighted by Gasteiger charge is -2.47. The van der Waals surface area contributed by atoms with Gasteiger partial charge >= 0.3 is 0 Å². The van der Waals surface area contributed by atoms with Gasteiger partial charge in [-0.3, -0.25) is 4.90 Å². The van der Waals surface area contributed by atoms with Crippen LogP contribution in [0.5, 0.6) is 0 Å². The summed E-state index contributed by atoms with van der Waals surface area (Å²) < 4.78 is 0. The molecule has 1 aliphatic heterocycles. The number of rotatable bonds is 3. The molecule has 104 valence electrons. The number of piperazine rings is 1. The third kappa shape index (κ3) is 2.75. The first-order valence-corrected chi connectivity index (χ1v) is 8.25. The molecule has 1 N–H and O–H groups in total. The van der Waals surface area contributed by atoms with E-state index in [4.69, 9.17) is 0 Å². The molecular weight excluding hydrogens is 220 g/mol. The van der Waals surface area contributed by atoms with Gasteiger partial charge in [0.25, 0.3) is 0 Å². The minimum Gasteiger partial charge on any atom is -0.311 e. The first-order chi connectivity index (χ1) is 8.75. The van der Waals surface area contributed by atoms with Crippen LogP contribution in [0.3, 0.4) is 0 Å². The molecule has 0 aromatic carbocycles. The average Bonchev–Trinajstić information content (AvgIpc) is 3.23. The van der Waals surface area contributed by atoms with E-state index in [9.17, 15) is 0 Å². The average molecular weight is 250 g/mol. The summed E-state index contributed by atoms with van der Waals surface area (Å²) in [7, 11) is 0. The molecule has 0 amide bonds. The van der Waals surface area contributed by atoms with Crippen molar-refractivity contribution in [2.75, 3.05) is 13.1 Å². The van der Waals surface area contributed by atoms with Gasteiger partial charge in [-0.1, -0.05) is 33.1 Å². The molecule has 2 atom stereocenters. The Labute approximate surface area is 113 Å². The van der Waals surface area contributed by atoms with Crippen LogP contribution in [0.25, 0.3) is 0 Å². The van der Waals surface area contributed by atoms with Crippen molar-refractivity contribution in [3.8, 4) is 0 Å². The lowest BCUT2D eigenvalue weighted by atomic mass is 9.88. The van der Waals surface area contributed by atoms with Gasteiger partial charge in [0.15, 0.2) is 0 Å². The van der Waals surface area contributed by atoms with Gasteiger partial charge in [-0.05, 0) is 37.5 Å². The van der Waals surface area contributed by atoms with Crippen LogP contribution < -0.4 is 5.32 Å². The molecule has 3 fully saturated rings. The summed E-state index contributed by atoms with van der Waals surface area (Å²) in [5.41, 5.74) is 0. The van der Waals surface area contributed by atoms with Crippen LogP contribution in [0.2, 0.25) is 0 Å². The second-order valence-electron chi connectivity index (χ2n) is 7.15. The Morgan fingerprint density at radius 1 is 1.00 bits per heavy atom. The van der Waals surface area contributed by atoms with Crippen LogP contribution in [0, 0.1) is 11.8 Å². The lowest BCUT2D eigenvalue weighted by molar-refractivity contribution is 0.0352. The van der Waals surface area contributed by atoms with E-state index in [-0.39, 0.29) is 0 Å². The highest BCUT2D eigenvalue weighted by Gasteiger charge is 2.40. The molecule has 2 nitrogen and oxygen atoms in total. The molecule has 3 aliphatic rings. The van der Waals surface area contributed by atoms with Gasteiger partial charge in [0.05, 0.1) is 0 Å². The Balaban J connectivity index is 1.67. The van der Waals surface area contributed by atoms with Crippen LogP contribution in [-0.2, 0) is 0 Å². The second kappa shape index (κ2) is 5.50. The molecule has 2 heteroatoms. The van der Waals surface area contributed by atoms with E-state index in [1.54, 1.807) is 0 Å². The van der Waals surface area contributed by atoms with E-state index in [0.717, 1.165) is 30.0 Å².